The van der Waals surface area contributed by atoms with Gasteiger partial charge in [0.15, 0.2) is 57.8 Å². The minimum absolute atomic E-state index is 0.399. The van der Waals surface area contributed by atoms with Crippen molar-refractivity contribution >= 4 is 90.0 Å². The molecule has 4 aliphatic heterocycles. The molecule has 0 aliphatic carbocycles. The van der Waals surface area contributed by atoms with Crippen LogP contribution in [-0.4, -0.2) is 99.4 Å². The molecule has 0 unspecified atom stereocenters. The minimum atomic E-state index is 0.399. The average molecular weight is 1560 g/mol. The maximum Gasteiger partial charge on any atom is 0.164 e. The quantitative estimate of drug-likeness (QED) is 0.0320. The molecule has 8 aromatic carbocycles. The molecule has 18 nitrogen and oxygen atoms in total. The summed E-state index contributed by atoms with van der Waals surface area (Å²) in [5.74, 6) is 5.22. The molecule has 0 fully saturated rings. The fraction of sp³-hybridized carbons (Fsp3) is 0.240. The van der Waals surface area contributed by atoms with Gasteiger partial charge in [-0.05, 0) is 157 Å². The van der Waals surface area contributed by atoms with E-state index in [4.69, 9.17) is 68.3 Å². The summed E-state index contributed by atoms with van der Waals surface area (Å²) >= 11 is 0. The first-order chi connectivity index (χ1) is 58.2. The highest BCUT2D eigenvalue weighted by molar-refractivity contribution is 6.10. The molecule has 0 saturated carbocycles. The van der Waals surface area contributed by atoms with Gasteiger partial charge in [-0.1, -0.05) is 207 Å². The Balaban J connectivity index is 0.942. The van der Waals surface area contributed by atoms with Crippen LogP contribution in [0.15, 0.2) is 200 Å². The topological polar surface area (TPSA) is 222 Å². The monoisotopic (exact) mass is 1560 g/mol. The number of nitrogens with zero attached hydrogens (tertiary/aromatic N) is 8. The zero-order chi connectivity index (χ0) is 80.0. The van der Waals surface area contributed by atoms with Crippen LogP contribution in [-0.2, 0) is 0 Å². The Morgan fingerprint density at radius 1 is 0.254 bits per heavy atom. The third kappa shape index (κ3) is 15.1. The smallest absolute Gasteiger partial charge is 0.164 e. The van der Waals surface area contributed by atoms with Crippen molar-refractivity contribution < 1.29 is 28.4 Å². The largest absolute Gasteiger partial charge is 0.490 e. The van der Waals surface area contributed by atoms with Crippen molar-refractivity contribution in [1.29, 1.82) is 0 Å². The van der Waals surface area contributed by atoms with Gasteiger partial charge in [0, 0.05) is 93.7 Å². The molecule has 16 bridgehead atoms. The molecule has 10 heterocycles. The van der Waals surface area contributed by atoms with Gasteiger partial charge in [-0.3, -0.25) is 0 Å². The van der Waals surface area contributed by atoms with Crippen molar-refractivity contribution in [2.24, 2.45) is 0 Å². The van der Waals surface area contributed by atoms with E-state index in [0.29, 0.717) is 131 Å². The summed E-state index contributed by atoms with van der Waals surface area (Å²) in [6, 6.07) is 69.4. The average Bonchev–Trinajstić information content (AvgIpc) is 1.58. The van der Waals surface area contributed by atoms with Crippen LogP contribution in [0.2, 0.25) is 0 Å². The number of aromatic nitrogens is 12. The third-order valence-corrected chi connectivity index (χ3v) is 22.0. The second kappa shape index (κ2) is 34.1. The van der Waals surface area contributed by atoms with Crippen molar-refractivity contribution in [2.45, 2.75) is 119 Å². The fourth-order valence-electron chi connectivity index (χ4n) is 15.7. The van der Waals surface area contributed by atoms with Crippen LogP contribution in [0.5, 0.6) is 34.5 Å². The number of rotatable bonds is 29. The molecule has 4 aliphatic rings. The molecule has 118 heavy (non-hydrogen) atoms. The van der Waals surface area contributed by atoms with Gasteiger partial charge in [-0.2, -0.15) is 0 Å². The number of ether oxygens (including phenoxy) is 6. The van der Waals surface area contributed by atoms with Crippen LogP contribution in [0.3, 0.4) is 0 Å². The zero-order valence-electron chi connectivity index (χ0n) is 67.5. The van der Waals surface area contributed by atoms with Crippen LogP contribution in [0, 0.1) is 0 Å². The first-order valence-electron chi connectivity index (χ1n) is 41.9. The lowest BCUT2D eigenvalue weighted by Gasteiger charge is -2.14. The van der Waals surface area contributed by atoms with Gasteiger partial charge in [0.1, 0.15) is 22.6 Å². The first-order valence-corrected chi connectivity index (χ1v) is 41.9. The number of H-pyrrole nitrogens is 4. The Bertz CT molecular complexity index is 6550. The summed E-state index contributed by atoms with van der Waals surface area (Å²) in [5.41, 5.74) is 21.0. The summed E-state index contributed by atoms with van der Waals surface area (Å²) in [7, 11) is 0. The van der Waals surface area contributed by atoms with Crippen molar-refractivity contribution in [1.82, 2.24) is 59.8 Å². The second-order valence-electron chi connectivity index (χ2n) is 30.3. The Morgan fingerprint density at radius 3 is 0.907 bits per heavy atom. The lowest BCUT2D eigenvalue weighted by Crippen LogP contribution is -2.03. The Kier molecular flexibility index (Phi) is 21.9. The molecule has 18 rings (SSSR count). The second-order valence-corrected chi connectivity index (χ2v) is 30.3. The first kappa shape index (κ1) is 75.8. The van der Waals surface area contributed by atoms with Gasteiger partial charge in [-0.25, -0.2) is 39.9 Å². The normalized spacial score (nSPS) is 12.1. The highest BCUT2D eigenvalue weighted by Gasteiger charge is 2.30. The predicted molar refractivity (Wildman–Crippen MR) is 477 cm³/mol. The van der Waals surface area contributed by atoms with E-state index in [1.165, 1.54) is 0 Å². The van der Waals surface area contributed by atoms with Gasteiger partial charge >= 0.3 is 0 Å². The van der Waals surface area contributed by atoms with Crippen LogP contribution in [0.4, 0.5) is 0 Å². The Morgan fingerprint density at radius 2 is 0.559 bits per heavy atom. The summed E-state index contributed by atoms with van der Waals surface area (Å²) in [5, 5.41) is 2.94. The van der Waals surface area contributed by atoms with Crippen molar-refractivity contribution in [3.63, 3.8) is 0 Å². The van der Waals surface area contributed by atoms with Gasteiger partial charge in [0.2, 0.25) is 0 Å². The summed E-state index contributed by atoms with van der Waals surface area (Å²) in [4.78, 5) is 60.7. The molecule has 0 saturated heterocycles. The number of fused-ring (bicyclic) bond motifs is 28. The van der Waals surface area contributed by atoms with E-state index in [1.54, 1.807) is 0 Å². The molecule has 0 radical (unpaired) electrons. The summed E-state index contributed by atoms with van der Waals surface area (Å²) in [6.07, 6.45) is 17.4. The van der Waals surface area contributed by atoms with Crippen molar-refractivity contribution in [3.05, 3.63) is 229 Å². The number of hydrogen-bond donors (Lipinski definition) is 4. The molecular weight excluding hydrogens is 1470 g/mol. The molecule has 590 valence electrons. The highest BCUT2D eigenvalue weighted by atomic mass is 16.5. The van der Waals surface area contributed by atoms with E-state index in [0.717, 1.165) is 210 Å². The molecule has 4 N–H and O–H groups in total. The summed E-state index contributed by atoms with van der Waals surface area (Å²) in [6.45, 7) is 15.9. The maximum atomic E-state index is 6.73. The maximum absolute atomic E-state index is 6.73. The third-order valence-electron chi connectivity index (χ3n) is 22.0. The SMILES string of the molecule is CCCCOc1cc2c(cc1OCCCC)-c1nc-2nc2[nH]c(nc3nc(nc4[nH]c(n1)c1cc(OCCCC)c(OCCCC)cc41)-c1cc(C4=Cc5nc4c(-c4ccccc4)c4ccc([nH]4)c(-c4ccccc4)c4nc(c(-c6ccccc6)c6ccc([nH]6)c5-c5ccccc5)C=C4)ccc1-3)c1cc(OCCCC)c(OCCCC)cc21. The van der Waals surface area contributed by atoms with Gasteiger partial charge in [-0.15, -0.1) is 0 Å². The van der Waals surface area contributed by atoms with E-state index in [-0.39, 0.29) is 0 Å². The van der Waals surface area contributed by atoms with Crippen LogP contribution < -0.4 is 28.4 Å². The molecule has 18 heteroatoms. The zero-order valence-corrected chi connectivity index (χ0v) is 67.5. The number of unbranched alkanes of at least 4 members (excludes halogenated alkanes) is 6. The minimum Gasteiger partial charge on any atom is -0.490 e. The standard InChI is InChI=1S/C100H94N12O6/c1-7-13-47-113-82-55-69-70(56-83(82)114-48-14-8-2)97-108-95(69)106-93-66-40-39-65(53-68(66)94(105-93)107-96-71-57-84(115-49-15-9-3)85(116-50-16-10-4)58-72(71)98(109-96)111-100-74-60-87(118-52-18-12-6)86(117-51-17-11-5)59-73(74)99(110-97)112-100)67-54-81-90(63-35-27-21-28-36-63)79-44-43-77(102-79)88(61-31-23-19-24-32-61)75-41-42-76(101-75)89(62-33-25-20-26-34-62)78-45-46-80(103-78)91(92(67)104-81)64-37-29-22-30-38-64/h19-46,53-60,102-103H,7-18,47-52H2,1-6H3,(H2,105,106,107,108,109,110,111,112). The van der Waals surface area contributed by atoms with Crippen LogP contribution in [0.1, 0.15) is 147 Å². The fourth-order valence-corrected chi connectivity index (χ4v) is 15.7. The van der Waals surface area contributed by atoms with Gasteiger partial charge in [0.05, 0.1) is 62.4 Å². The van der Waals surface area contributed by atoms with Crippen LogP contribution in [0.25, 0.3) is 180 Å². The lowest BCUT2D eigenvalue weighted by molar-refractivity contribution is 0.262. The molecule has 0 atom stereocenters. The van der Waals surface area contributed by atoms with E-state index in [1.807, 2.05) is 36.4 Å². The molecule has 0 amide bonds. The van der Waals surface area contributed by atoms with Crippen molar-refractivity contribution in [3.8, 4) is 125 Å². The van der Waals surface area contributed by atoms with E-state index >= 15 is 0 Å². The van der Waals surface area contributed by atoms with E-state index in [2.05, 4.69) is 243 Å². The Hall–Kier alpha value is -13.5. The van der Waals surface area contributed by atoms with E-state index < -0.39 is 0 Å². The van der Waals surface area contributed by atoms with Gasteiger partial charge in [0.25, 0.3) is 0 Å². The number of nitrogens with one attached hydrogen (secondary N) is 4. The van der Waals surface area contributed by atoms with Gasteiger partial charge < -0.3 is 48.4 Å². The molecular formula is C100H94N12O6. The number of hydrogen-bond acceptors (Lipinski definition) is 14. The molecule has 14 aromatic rings. The highest BCUT2D eigenvalue weighted by Crippen LogP contribution is 2.48. The molecule has 0 spiro atoms. The number of aromatic amines is 4. The lowest BCUT2D eigenvalue weighted by atomic mass is 9.93. The van der Waals surface area contributed by atoms with Crippen LogP contribution >= 0.6 is 0 Å². The predicted octanol–water partition coefficient (Wildman–Crippen LogP) is 25.0. The van der Waals surface area contributed by atoms with Crippen molar-refractivity contribution in [2.75, 3.05) is 39.6 Å². The Labute approximate surface area is 685 Å². The number of benzene rings is 8. The van der Waals surface area contributed by atoms with E-state index in [9.17, 15) is 0 Å². The molecule has 6 aromatic heterocycles. The summed E-state index contributed by atoms with van der Waals surface area (Å²) < 4.78 is 40.1.